The Morgan fingerprint density at radius 1 is 1.17 bits per heavy atom. The topological polar surface area (TPSA) is 107 Å². The van der Waals surface area contributed by atoms with E-state index in [-0.39, 0.29) is 24.3 Å². The largest absolute Gasteiger partial charge is 0.480 e. The lowest BCUT2D eigenvalue weighted by atomic mass is 9.72. The molecule has 1 aromatic rings. The van der Waals surface area contributed by atoms with Crippen molar-refractivity contribution in [3.8, 4) is 0 Å². The quantitative estimate of drug-likeness (QED) is 0.367. The maximum Gasteiger partial charge on any atom is 0.451 e. The molecule has 0 aromatic heterocycles. The van der Waals surface area contributed by atoms with Gasteiger partial charge in [-0.3, -0.25) is 9.69 Å². The molecule has 2 bridgehead atoms. The number of hydrogen-bond acceptors (Lipinski definition) is 5. The molecule has 1 aromatic carbocycles. The minimum absolute atomic E-state index is 0.169. The van der Waals surface area contributed by atoms with Crippen molar-refractivity contribution < 1.29 is 28.7 Å². The lowest BCUT2D eigenvalue weighted by molar-refractivity contribution is -0.147. The average Bonchev–Trinajstić information content (AvgIpc) is 2.88. The van der Waals surface area contributed by atoms with Gasteiger partial charge in [0.25, 0.3) is 0 Å². The van der Waals surface area contributed by atoms with Gasteiger partial charge in [0.15, 0.2) is 11.6 Å². The summed E-state index contributed by atoms with van der Waals surface area (Å²) in [6.45, 7) is 0.512. The van der Waals surface area contributed by atoms with Crippen molar-refractivity contribution in [2.24, 2.45) is 11.7 Å². The second kappa shape index (κ2) is 9.08. The van der Waals surface area contributed by atoms with Gasteiger partial charge in [-0.05, 0) is 62.0 Å². The molecule has 0 aliphatic carbocycles. The Labute approximate surface area is 169 Å². The van der Waals surface area contributed by atoms with Gasteiger partial charge in [-0.2, -0.15) is 0 Å². The number of nitrogens with zero attached hydrogens (tertiary/aromatic N) is 1. The van der Waals surface area contributed by atoms with Crippen molar-refractivity contribution >= 4 is 13.1 Å². The van der Waals surface area contributed by atoms with Crippen molar-refractivity contribution in [2.45, 2.75) is 75.4 Å². The van der Waals surface area contributed by atoms with E-state index in [0.29, 0.717) is 44.2 Å². The molecular formula is C20H29BF2N2O4. The molecule has 6 nitrogen and oxygen atoms in total. The Bertz CT molecular complexity index is 724. The third-order valence-electron chi connectivity index (χ3n) is 6.66. The molecule has 2 aliphatic heterocycles. The Balaban J connectivity index is 1.65. The van der Waals surface area contributed by atoms with Gasteiger partial charge in [-0.25, -0.2) is 8.78 Å². The molecule has 0 radical (unpaired) electrons. The summed E-state index contributed by atoms with van der Waals surface area (Å²) in [4.78, 5) is 14.3. The number of benzene rings is 1. The van der Waals surface area contributed by atoms with Crippen molar-refractivity contribution in [3.05, 3.63) is 35.4 Å². The molecule has 5 N–H and O–H groups in total. The molecule has 4 atom stereocenters. The van der Waals surface area contributed by atoms with E-state index < -0.39 is 30.3 Å². The highest BCUT2D eigenvalue weighted by molar-refractivity contribution is 6.40. The summed E-state index contributed by atoms with van der Waals surface area (Å²) in [6, 6.07) is 4.30. The number of aliphatic carboxylic acids is 1. The molecular weight excluding hydrogens is 381 g/mol. The first-order valence-corrected chi connectivity index (χ1v) is 10.3. The van der Waals surface area contributed by atoms with Gasteiger partial charge < -0.3 is 20.9 Å². The third-order valence-corrected chi connectivity index (χ3v) is 6.66. The van der Waals surface area contributed by atoms with Gasteiger partial charge in [0.05, 0.1) is 0 Å². The van der Waals surface area contributed by atoms with E-state index in [1.54, 1.807) is 6.07 Å². The molecule has 160 valence electrons. The fourth-order valence-electron chi connectivity index (χ4n) is 5.03. The van der Waals surface area contributed by atoms with Gasteiger partial charge >= 0.3 is 13.1 Å². The summed E-state index contributed by atoms with van der Waals surface area (Å²) < 4.78 is 26.7. The van der Waals surface area contributed by atoms with Gasteiger partial charge in [0.2, 0.25) is 0 Å². The smallest absolute Gasteiger partial charge is 0.451 e. The molecule has 2 heterocycles. The molecule has 2 fully saturated rings. The zero-order chi connectivity index (χ0) is 21.2. The van der Waals surface area contributed by atoms with E-state index in [1.807, 2.05) is 0 Å². The maximum absolute atomic E-state index is 13.5. The van der Waals surface area contributed by atoms with Crippen LogP contribution in [0.2, 0.25) is 6.32 Å². The van der Waals surface area contributed by atoms with Crippen LogP contribution in [0, 0.1) is 17.6 Å². The average molecular weight is 410 g/mol. The van der Waals surface area contributed by atoms with Gasteiger partial charge in [-0.15, -0.1) is 0 Å². The number of unbranched alkanes of at least 4 members (excludes halogenated alkanes) is 1. The van der Waals surface area contributed by atoms with E-state index in [0.717, 1.165) is 18.9 Å². The van der Waals surface area contributed by atoms with E-state index >= 15 is 0 Å². The number of carboxylic acid groups (broad SMARTS) is 1. The third kappa shape index (κ3) is 4.96. The fourth-order valence-corrected chi connectivity index (χ4v) is 5.03. The lowest BCUT2D eigenvalue weighted by Gasteiger charge is -2.44. The highest BCUT2D eigenvalue weighted by Crippen LogP contribution is 2.44. The summed E-state index contributed by atoms with van der Waals surface area (Å²) in [6.07, 6.45) is 4.72. The van der Waals surface area contributed by atoms with Crippen LogP contribution in [0.25, 0.3) is 0 Å². The molecule has 0 spiro atoms. The lowest BCUT2D eigenvalue weighted by Crippen LogP contribution is -2.58. The second-order valence-electron chi connectivity index (χ2n) is 8.55. The monoisotopic (exact) mass is 410 g/mol. The van der Waals surface area contributed by atoms with E-state index in [9.17, 15) is 18.7 Å². The summed E-state index contributed by atoms with van der Waals surface area (Å²) in [5.74, 6) is -2.90. The number of rotatable bonds is 9. The minimum Gasteiger partial charge on any atom is -0.480 e. The zero-order valence-electron chi connectivity index (χ0n) is 16.4. The summed E-state index contributed by atoms with van der Waals surface area (Å²) in [5, 5.41) is 27.7. The highest BCUT2D eigenvalue weighted by Gasteiger charge is 2.50. The standard InChI is InChI=1S/C20H29BF2N2O4/c22-17-6-3-13(9-18(17)23)12-25-15-4-5-16(25)11-14(10-15)20(24,19(26)27)7-1-2-8-21(28)29/h3,6,9,14-16,28-29H,1-2,4-5,7-8,10-12,24H2,(H,26,27)/t14?,15-,16+,20?. The molecule has 3 rings (SSSR count). The van der Waals surface area contributed by atoms with Crippen molar-refractivity contribution in [2.75, 3.05) is 0 Å². The number of piperidine rings is 1. The minimum atomic E-state index is -1.39. The predicted octanol–water partition coefficient (Wildman–Crippen LogP) is 2.13. The van der Waals surface area contributed by atoms with Gasteiger partial charge in [0.1, 0.15) is 5.54 Å². The summed E-state index contributed by atoms with van der Waals surface area (Å²) >= 11 is 0. The SMILES string of the molecule is NC(CCCCB(O)O)(C(=O)O)C1C[C@H]2CC[C@@H](C1)N2Cc1ccc(F)c(F)c1. The molecule has 0 saturated carbocycles. The number of nitrogens with two attached hydrogens (primary N) is 1. The molecule has 2 aliphatic rings. The predicted molar refractivity (Wildman–Crippen MR) is 105 cm³/mol. The maximum atomic E-state index is 13.5. The van der Waals surface area contributed by atoms with Crippen LogP contribution < -0.4 is 5.73 Å². The molecule has 29 heavy (non-hydrogen) atoms. The normalized spacial score (nSPS) is 26.3. The van der Waals surface area contributed by atoms with E-state index in [2.05, 4.69) is 4.90 Å². The summed E-state index contributed by atoms with van der Waals surface area (Å²) in [7, 11) is -1.39. The molecule has 2 unspecified atom stereocenters. The van der Waals surface area contributed by atoms with Crippen LogP contribution in [0.15, 0.2) is 18.2 Å². The number of hydrogen-bond donors (Lipinski definition) is 4. The second-order valence-corrected chi connectivity index (χ2v) is 8.55. The number of fused-ring (bicyclic) bond motifs is 2. The van der Waals surface area contributed by atoms with Crippen LogP contribution in [0.1, 0.15) is 50.5 Å². The van der Waals surface area contributed by atoms with E-state index in [1.165, 1.54) is 6.07 Å². The van der Waals surface area contributed by atoms with Crippen molar-refractivity contribution in [1.29, 1.82) is 0 Å². The zero-order valence-corrected chi connectivity index (χ0v) is 16.4. The van der Waals surface area contributed by atoms with Crippen LogP contribution in [0.4, 0.5) is 8.78 Å². The Hall–Kier alpha value is -1.55. The Morgan fingerprint density at radius 2 is 1.83 bits per heavy atom. The number of carbonyl (C=O) groups is 1. The first-order valence-electron chi connectivity index (χ1n) is 10.3. The van der Waals surface area contributed by atoms with Gasteiger partial charge in [0, 0.05) is 18.6 Å². The number of halogens is 2. The first kappa shape index (κ1) is 22.1. The molecule has 0 amide bonds. The van der Waals surface area contributed by atoms with Crippen molar-refractivity contribution in [3.63, 3.8) is 0 Å². The van der Waals surface area contributed by atoms with Crippen LogP contribution >= 0.6 is 0 Å². The van der Waals surface area contributed by atoms with E-state index in [4.69, 9.17) is 15.8 Å². The highest BCUT2D eigenvalue weighted by atomic mass is 19.2. The number of carboxylic acids is 1. The molecule has 2 saturated heterocycles. The summed E-state index contributed by atoms with van der Waals surface area (Å²) in [5.41, 5.74) is 5.75. The van der Waals surface area contributed by atoms with Crippen LogP contribution in [-0.2, 0) is 11.3 Å². The van der Waals surface area contributed by atoms with Crippen molar-refractivity contribution in [1.82, 2.24) is 4.90 Å². The van der Waals surface area contributed by atoms with Crippen LogP contribution in [-0.4, -0.2) is 50.8 Å². The fraction of sp³-hybridized carbons (Fsp3) is 0.650. The Kier molecular flexibility index (Phi) is 6.93. The first-order chi connectivity index (χ1) is 13.7. The molecule has 9 heteroatoms. The Morgan fingerprint density at radius 3 is 2.38 bits per heavy atom. The van der Waals surface area contributed by atoms with Gasteiger partial charge in [-0.1, -0.05) is 18.9 Å². The van der Waals surface area contributed by atoms with Crippen LogP contribution in [0.3, 0.4) is 0 Å². The van der Waals surface area contributed by atoms with Crippen LogP contribution in [0.5, 0.6) is 0 Å².